The minimum atomic E-state index is -3.42. The molecule has 0 spiro atoms. The molecule has 8 nitrogen and oxygen atoms in total. The molecule has 0 aliphatic heterocycles. The largest absolute Gasteiger partial charge is 0.493 e. The van der Waals surface area contributed by atoms with Crippen LogP contribution in [0.15, 0.2) is 39.7 Å². The number of fused-ring (bicyclic) bond motifs is 1. The summed E-state index contributed by atoms with van der Waals surface area (Å²) in [5, 5.41) is 0. The van der Waals surface area contributed by atoms with Gasteiger partial charge in [-0.05, 0) is 46.6 Å². The fourth-order valence-corrected chi connectivity index (χ4v) is 4.50. The third kappa shape index (κ3) is 4.32. The number of benzene rings is 1. The number of aryl methyl sites for hydroxylation is 1. The molecule has 0 saturated carbocycles. The highest BCUT2D eigenvalue weighted by atomic mass is 79.9. The zero-order valence-electron chi connectivity index (χ0n) is 16.5. The van der Waals surface area contributed by atoms with Gasteiger partial charge in [0, 0.05) is 24.0 Å². The Bertz CT molecular complexity index is 1220. The Morgan fingerprint density at radius 2 is 1.97 bits per heavy atom. The molecule has 0 N–H and O–H groups in total. The van der Waals surface area contributed by atoms with Crippen LogP contribution in [-0.2, 0) is 16.9 Å². The molecule has 2 aromatic heterocycles. The molecule has 0 saturated heterocycles. The number of ether oxygens (including phenoxy) is 2. The van der Waals surface area contributed by atoms with E-state index in [1.165, 1.54) is 16.2 Å². The molecule has 0 aliphatic rings. The first-order chi connectivity index (χ1) is 13.7. The molecule has 1 aromatic carbocycles. The van der Waals surface area contributed by atoms with Crippen molar-refractivity contribution in [3.63, 3.8) is 0 Å². The Hall–Kier alpha value is -2.33. The Morgan fingerprint density at radius 1 is 1.24 bits per heavy atom. The van der Waals surface area contributed by atoms with Gasteiger partial charge >= 0.3 is 5.69 Å². The van der Waals surface area contributed by atoms with Crippen molar-refractivity contribution in [3.05, 3.63) is 51.0 Å². The Morgan fingerprint density at radius 3 is 2.59 bits per heavy atom. The van der Waals surface area contributed by atoms with Crippen molar-refractivity contribution in [1.29, 1.82) is 0 Å². The van der Waals surface area contributed by atoms with Gasteiger partial charge in [0.1, 0.15) is 9.84 Å². The molecule has 0 unspecified atom stereocenters. The molecule has 3 rings (SSSR count). The summed E-state index contributed by atoms with van der Waals surface area (Å²) < 4.78 is 39.0. The van der Waals surface area contributed by atoms with Crippen LogP contribution in [0.4, 0.5) is 0 Å². The second-order valence-corrected chi connectivity index (χ2v) is 9.76. The molecule has 10 heteroatoms. The van der Waals surface area contributed by atoms with Crippen molar-refractivity contribution in [1.82, 2.24) is 14.1 Å². The van der Waals surface area contributed by atoms with Gasteiger partial charge in [0.2, 0.25) is 0 Å². The van der Waals surface area contributed by atoms with Gasteiger partial charge < -0.3 is 9.47 Å². The van der Waals surface area contributed by atoms with E-state index in [4.69, 9.17) is 9.47 Å². The van der Waals surface area contributed by atoms with E-state index >= 15 is 0 Å². The van der Waals surface area contributed by atoms with Gasteiger partial charge in [-0.25, -0.2) is 18.2 Å². The van der Waals surface area contributed by atoms with Crippen LogP contribution in [0, 0.1) is 0 Å². The first-order valence-corrected chi connectivity index (χ1v) is 11.7. The van der Waals surface area contributed by atoms with Crippen LogP contribution in [0.2, 0.25) is 0 Å². The Balaban J connectivity index is 2.28. The summed E-state index contributed by atoms with van der Waals surface area (Å²) in [4.78, 5) is 17.4. The summed E-state index contributed by atoms with van der Waals surface area (Å²) in [6, 6.07) is 6.15. The van der Waals surface area contributed by atoms with Gasteiger partial charge in [-0.1, -0.05) is 6.07 Å². The van der Waals surface area contributed by atoms with E-state index in [-0.39, 0.29) is 11.4 Å². The maximum absolute atomic E-state index is 13.1. The maximum atomic E-state index is 13.1. The van der Waals surface area contributed by atoms with E-state index in [9.17, 15) is 13.2 Å². The first kappa shape index (κ1) is 21.4. The Labute approximate surface area is 177 Å². The number of pyridine rings is 1. The van der Waals surface area contributed by atoms with Crippen LogP contribution in [0.3, 0.4) is 0 Å². The smallest absolute Gasteiger partial charge is 0.330 e. The molecule has 156 valence electrons. The molecule has 2 heterocycles. The summed E-state index contributed by atoms with van der Waals surface area (Å²) in [6.45, 7) is 2.26. The second kappa shape index (κ2) is 8.19. The molecular weight excluding hydrogens is 462 g/mol. The van der Waals surface area contributed by atoms with Crippen molar-refractivity contribution in [2.24, 2.45) is 7.05 Å². The molecule has 0 bridgehead atoms. The minimum Gasteiger partial charge on any atom is -0.493 e. The van der Waals surface area contributed by atoms with Gasteiger partial charge in [-0.3, -0.25) is 9.13 Å². The molecular formula is C19H22BrN3O5S. The normalized spacial score (nSPS) is 12.9. The molecule has 0 aliphatic carbocycles. The number of aromatic nitrogens is 3. The third-order valence-electron chi connectivity index (χ3n) is 4.54. The van der Waals surface area contributed by atoms with Crippen molar-refractivity contribution >= 4 is 36.9 Å². The number of imidazole rings is 1. The zero-order valence-corrected chi connectivity index (χ0v) is 18.9. The van der Waals surface area contributed by atoms with E-state index in [0.29, 0.717) is 34.8 Å². The molecule has 0 radical (unpaired) electrons. The van der Waals surface area contributed by atoms with Crippen LogP contribution in [0.25, 0.3) is 11.2 Å². The second-order valence-electron chi connectivity index (χ2n) is 6.66. The highest BCUT2D eigenvalue weighted by Gasteiger charge is 2.26. The van der Waals surface area contributed by atoms with Crippen LogP contribution >= 0.6 is 15.9 Å². The lowest BCUT2D eigenvalue weighted by atomic mass is 10.1. The van der Waals surface area contributed by atoms with Crippen LogP contribution in [0.1, 0.15) is 18.5 Å². The van der Waals surface area contributed by atoms with Crippen LogP contribution < -0.4 is 15.2 Å². The molecule has 1 atom stereocenters. The monoisotopic (exact) mass is 483 g/mol. The lowest BCUT2D eigenvalue weighted by Crippen LogP contribution is -2.31. The highest BCUT2D eigenvalue weighted by Crippen LogP contribution is 2.33. The maximum Gasteiger partial charge on any atom is 0.330 e. The highest BCUT2D eigenvalue weighted by molar-refractivity contribution is 9.10. The fraction of sp³-hybridized carbons (Fsp3) is 0.368. The Kier molecular flexibility index (Phi) is 6.04. The van der Waals surface area contributed by atoms with Gasteiger partial charge in [0.15, 0.2) is 17.1 Å². The van der Waals surface area contributed by atoms with Crippen molar-refractivity contribution in [2.45, 2.75) is 13.0 Å². The number of methoxy groups -OCH3 is 1. The number of halogens is 1. The van der Waals surface area contributed by atoms with E-state index < -0.39 is 15.9 Å². The summed E-state index contributed by atoms with van der Waals surface area (Å²) in [5.41, 5.74) is 1.26. The van der Waals surface area contributed by atoms with Gasteiger partial charge in [-0.15, -0.1) is 0 Å². The summed E-state index contributed by atoms with van der Waals surface area (Å²) in [7, 11) is -0.261. The number of sulfone groups is 1. The predicted octanol–water partition coefficient (Wildman–Crippen LogP) is 2.54. The van der Waals surface area contributed by atoms with Gasteiger partial charge in [0.05, 0.1) is 31.0 Å². The third-order valence-corrected chi connectivity index (χ3v) is 5.90. The lowest BCUT2D eigenvalue weighted by molar-refractivity contribution is 0.310. The van der Waals surface area contributed by atoms with Crippen molar-refractivity contribution in [3.8, 4) is 11.5 Å². The molecule has 29 heavy (non-hydrogen) atoms. The standard InChI is InChI=1S/C19H22BrN3O5S/c1-5-28-17-8-12(6-7-16(17)27-3)15(11-29(4,25)26)23-18-14(22(2)19(23)24)9-13(20)10-21-18/h6-10,15H,5,11H2,1-4H3/t15-/m1/s1. The summed E-state index contributed by atoms with van der Waals surface area (Å²) >= 11 is 3.36. The average Bonchev–Trinajstić information content (AvgIpc) is 2.90. The topological polar surface area (TPSA) is 92.4 Å². The fourth-order valence-electron chi connectivity index (χ4n) is 3.27. The minimum absolute atomic E-state index is 0.262. The van der Waals surface area contributed by atoms with Crippen LogP contribution in [0.5, 0.6) is 11.5 Å². The SMILES string of the molecule is CCOc1cc([C@@H](CS(C)(=O)=O)n2c(=O)n(C)c3cc(Br)cnc32)ccc1OC. The quantitative estimate of drug-likeness (QED) is 0.512. The van der Waals surface area contributed by atoms with Crippen LogP contribution in [-0.4, -0.2) is 48.3 Å². The number of hydrogen-bond acceptors (Lipinski definition) is 6. The summed E-state index contributed by atoms with van der Waals surface area (Å²) in [6.07, 6.45) is 2.72. The van der Waals surface area contributed by atoms with E-state index in [0.717, 1.165) is 10.7 Å². The lowest BCUT2D eigenvalue weighted by Gasteiger charge is -2.20. The number of nitrogens with zero attached hydrogens (tertiary/aromatic N) is 3. The predicted molar refractivity (Wildman–Crippen MR) is 115 cm³/mol. The van der Waals surface area contributed by atoms with E-state index in [2.05, 4.69) is 20.9 Å². The van der Waals surface area contributed by atoms with Crippen molar-refractivity contribution < 1.29 is 17.9 Å². The average molecular weight is 484 g/mol. The summed E-state index contributed by atoms with van der Waals surface area (Å²) in [5.74, 6) is 0.748. The van der Waals surface area contributed by atoms with Gasteiger partial charge in [0.25, 0.3) is 0 Å². The number of rotatable bonds is 7. The molecule has 0 amide bonds. The van der Waals surface area contributed by atoms with Gasteiger partial charge in [-0.2, -0.15) is 0 Å². The first-order valence-electron chi connectivity index (χ1n) is 8.87. The van der Waals surface area contributed by atoms with Crippen molar-refractivity contribution in [2.75, 3.05) is 25.7 Å². The molecule has 3 aromatic rings. The zero-order chi connectivity index (χ0) is 21.3. The van der Waals surface area contributed by atoms with E-state index in [1.807, 2.05) is 6.92 Å². The molecule has 0 fully saturated rings. The van der Waals surface area contributed by atoms with E-state index in [1.54, 1.807) is 37.5 Å². The number of hydrogen-bond donors (Lipinski definition) is 0.